The van der Waals surface area contributed by atoms with E-state index >= 15 is 0 Å². The number of hydrogen-bond donors (Lipinski definition) is 0. The van der Waals surface area contributed by atoms with Crippen LogP contribution in [0.25, 0.3) is 0 Å². The van der Waals surface area contributed by atoms with Crippen LogP contribution in [0.1, 0.15) is 24.1 Å². The van der Waals surface area contributed by atoms with Gasteiger partial charge in [-0.05, 0) is 6.42 Å². The first-order valence-corrected chi connectivity index (χ1v) is 4.23. The summed E-state index contributed by atoms with van der Waals surface area (Å²) in [5.41, 5.74) is 0. The van der Waals surface area contributed by atoms with Gasteiger partial charge in [-0.1, -0.05) is 0 Å². The smallest absolute Gasteiger partial charge is 0.234 e. The van der Waals surface area contributed by atoms with Crippen LogP contribution in [0, 0.1) is 6.92 Å². The zero-order chi connectivity index (χ0) is 9.42. The zero-order valence-electron chi connectivity index (χ0n) is 7.65. The Morgan fingerprint density at radius 1 is 1.54 bits per heavy atom. The molecule has 0 N–H and O–H groups in total. The van der Waals surface area contributed by atoms with Crippen LogP contribution in [-0.4, -0.2) is 34.6 Å². The summed E-state index contributed by atoms with van der Waals surface area (Å²) < 4.78 is 5.22. The van der Waals surface area contributed by atoms with E-state index in [9.17, 15) is 4.79 Å². The minimum atomic E-state index is -0.216. The van der Waals surface area contributed by atoms with E-state index in [4.69, 9.17) is 4.42 Å². The van der Waals surface area contributed by atoms with Gasteiger partial charge in [-0.2, -0.15) is 0 Å². The molecule has 1 aliphatic heterocycles. The van der Waals surface area contributed by atoms with Crippen LogP contribution in [0.4, 0.5) is 0 Å². The number of aromatic nitrogens is 2. The second-order valence-corrected chi connectivity index (χ2v) is 3.26. The number of likely N-dealkylation sites (N-methyl/N-ethyl adjacent to an activating group) is 1. The highest BCUT2D eigenvalue weighted by Gasteiger charge is 2.34. The van der Waals surface area contributed by atoms with Crippen molar-refractivity contribution in [2.75, 3.05) is 13.6 Å². The molecule has 1 amide bonds. The summed E-state index contributed by atoms with van der Waals surface area (Å²) in [7, 11) is 1.78. The Kier molecular flexibility index (Phi) is 1.79. The van der Waals surface area contributed by atoms with Crippen molar-refractivity contribution in [2.45, 2.75) is 19.3 Å². The maximum atomic E-state index is 11.5. The largest absolute Gasteiger partial charge is 0.425 e. The monoisotopic (exact) mass is 181 g/mol. The summed E-state index contributed by atoms with van der Waals surface area (Å²) in [6, 6.07) is 0. The number of nitrogens with zero attached hydrogens (tertiary/aromatic N) is 3. The highest BCUT2D eigenvalue weighted by atomic mass is 16.4. The van der Waals surface area contributed by atoms with Crippen molar-refractivity contribution in [1.29, 1.82) is 0 Å². The van der Waals surface area contributed by atoms with Crippen molar-refractivity contribution < 1.29 is 9.21 Å². The average molecular weight is 181 g/mol. The van der Waals surface area contributed by atoms with Crippen molar-refractivity contribution in [3.8, 4) is 0 Å². The van der Waals surface area contributed by atoms with Crippen molar-refractivity contribution >= 4 is 5.91 Å². The Balaban J connectivity index is 2.23. The van der Waals surface area contributed by atoms with E-state index in [-0.39, 0.29) is 11.8 Å². The van der Waals surface area contributed by atoms with Gasteiger partial charge in [0.2, 0.25) is 17.7 Å². The van der Waals surface area contributed by atoms with Crippen LogP contribution < -0.4 is 0 Å². The van der Waals surface area contributed by atoms with Gasteiger partial charge in [-0.3, -0.25) is 4.79 Å². The topological polar surface area (TPSA) is 59.2 Å². The van der Waals surface area contributed by atoms with Gasteiger partial charge in [0.15, 0.2) is 0 Å². The lowest BCUT2D eigenvalue weighted by Crippen LogP contribution is -2.21. The Morgan fingerprint density at radius 3 is 2.77 bits per heavy atom. The molecule has 0 aromatic carbocycles. The third-order valence-corrected chi connectivity index (χ3v) is 2.27. The van der Waals surface area contributed by atoms with Crippen LogP contribution in [0.2, 0.25) is 0 Å². The van der Waals surface area contributed by atoms with Crippen LogP contribution in [-0.2, 0) is 4.79 Å². The van der Waals surface area contributed by atoms with Crippen molar-refractivity contribution in [2.24, 2.45) is 0 Å². The Labute approximate surface area is 75.7 Å². The van der Waals surface area contributed by atoms with Gasteiger partial charge in [0.05, 0.1) is 0 Å². The molecule has 1 aromatic heterocycles. The van der Waals surface area contributed by atoms with E-state index in [1.54, 1.807) is 18.9 Å². The molecule has 0 radical (unpaired) electrons. The molecule has 2 heterocycles. The molecule has 5 heteroatoms. The van der Waals surface area contributed by atoms with E-state index in [1.165, 1.54) is 0 Å². The van der Waals surface area contributed by atoms with Crippen LogP contribution in [0.15, 0.2) is 4.42 Å². The Bertz CT molecular complexity index is 334. The second kappa shape index (κ2) is 2.83. The molecule has 1 aromatic rings. The Hall–Kier alpha value is -1.39. The fourth-order valence-corrected chi connectivity index (χ4v) is 1.50. The molecular weight excluding hydrogens is 170 g/mol. The first kappa shape index (κ1) is 8.22. The van der Waals surface area contributed by atoms with Crippen LogP contribution in [0.5, 0.6) is 0 Å². The first-order chi connectivity index (χ1) is 6.18. The lowest BCUT2D eigenvalue weighted by molar-refractivity contribution is -0.128. The molecule has 1 atom stereocenters. The Morgan fingerprint density at radius 2 is 2.31 bits per heavy atom. The lowest BCUT2D eigenvalue weighted by Gasteiger charge is -2.06. The highest BCUT2D eigenvalue weighted by molar-refractivity contribution is 5.84. The fourth-order valence-electron chi connectivity index (χ4n) is 1.50. The van der Waals surface area contributed by atoms with E-state index in [1.807, 2.05) is 0 Å². The number of amides is 1. The summed E-state index contributed by atoms with van der Waals surface area (Å²) in [5, 5.41) is 7.55. The van der Waals surface area contributed by atoms with Gasteiger partial charge in [0.1, 0.15) is 5.92 Å². The van der Waals surface area contributed by atoms with Gasteiger partial charge in [-0.25, -0.2) is 0 Å². The van der Waals surface area contributed by atoms with Gasteiger partial charge in [0.25, 0.3) is 0 Å². The van der Waals surface area contributed by atoms with Crippen LogP contribution in [0.3, 0.4) is 0 Å². The van der Waals surface area contributed by atoms with Crippen molar-refractivity contribution in [1.82, 2.24) is 15.1 Å². The van der Waals surface area contributed by atoms with E-state index < -0.39 is 0 Å². The van der Waals surface area contributed by atoms with E-state index in [2.05, 4.69) is 10.2 Å². The molecule has 0 bridgehead atoms. The standard InChI is InChI=1S/C8H11N3O2/c1-5-9-10-7(13-5)6-3-4-11(2)8(6)12/h6H,3-4H2,1-2H3. The molecule has 1 fully saturated rings. The third-order valence-electron chi connectivity index (χ3n) is 2.27. The number of rotatable bonds is 1. The number of likely N-dealkylation sites (tertiary alicyclic amines) is 1. The van der Waals surface area contributed by atoms with Gasteiger partial charge < -0.3 is 9.32 Å². The summed E-state index contributed by atoms with van der Waals surface area (Å²) >= 11 is 0. The molecule has 0 aliphatic carbocycles. The molecular formula is C8H11N3O2. The first-order valence-electron chi connectivity index (χ1n) is 4.23. The van der Waals surface area contributed by atoms with Crippen LogP contribution >= 0.6 is 0 Å². The second-order valence-electron chi connectivity index (χ2n) is 3.26. The van der Waals surface area contributed by atoms with E-state index in [0.717, 1.165) is 13.0 Å². The van der Waals surface area contributed by atoms with Crippen molar-refractivity contribution in [3.63, 3.8) is 0 Å². The third kappa shape index (κ3) is 1.30. The van der Waals surface area contributed by atoms with Gasteiger partial charge >= 0.3 is 0 Å². The molecule has 2 rings (SSSR count). The minimum Gasteiger partial charge on any atom is -0.425 e. The normalized spacial score (nSPS) is 22.8. The molecule has 13 heavy (non-hydrogen) atoms. The number of carbonyl (C=O) groups excluding carboxylic acids is 1. The fraction of sp³-hybridized carbons (Fsp3) is 0.625. The molecule has 1 unspecified atom stereocenters. The quantitative estimate of drug-likeness (QED) is 0.626. The summed E-state index contributed by atoms with van der Waals surface area (Å²) in [6.07, 6.45) is 0.775. The SMILES string of the molecule is Cc1nnc(C2CCN(C)C2=O)o1. The summed E-state index contributed by atoms with van der Waals surface area (Å²) in [6.45, 7) is 2.49. The molecule has 1 saturated heterocycles. The maximum Gasteiger partial charge on any atom is 0.234 e. The zero-order valence-corrected chi connectivity index (χ0v) is 7.65. The number of hydrogen-bond acceptors (Lipinski definition) is 4. The molecule has 5 nitrogen and oxygen atoms in total. The predicted octanol–water partition coefficient (Wildman–Crippen LogP) is 0.324. The number of carbonyl (C=O) groups is 1. The molecule has 1 aliphatic rings. The molecule has 0 spiro atoms. The van der Waals surface area contributed by atoms with Gasteiger partial charge in [0, 0.05) is 20.5 Å². The lowest BCUT2D eigenvalue weighted by atomic mass is 10.1. The minimum absolute atomic E-state index is 0.0728. The van der Waals surface area contributed by atoms with Gasteiger partial charge in [-0.15, -0.1) is 10.2 Å². The maximum absolute atomic E-state index is 11.5. The number of aryl methyl sites for hydroxylation is 1. The average Bonchev–Trinajstić information content (AvgIpc) is 2.62. The highest BCUT2D eigenvalue weighted by Crippen LogP contribution is 2.26. The predicted molar refractivity (Wildman–Crippen MR) is 44.0 cm³/mol. The van der Waals surface area contributed by atoms with E-state index in [0.29, 0.717) is 11.8 Å². The molecule has 0 saturated carbocycles. The van der Waals surface area contributed by atoms with Crippen molar-refractivity contribution in [3.05, 3.63) is 11.8 Å². The molecule has 70 valence electrons. The summed E-state index contributed by atoms with van der Waals surface area (Å²) in [5.74, 6) is 0.819. The summed E-state index contributed by atoms with van der Waals surface area (Å²) in [4.78, 5) is 13.2.